The van der Waals surface area contributed by atoms with Gasteiger partial charge in [-0.1, -0.05) is 11.8 Å². The summed E-state index contributed by atoms with van der Waals surface area (Å²) in [5.74, 6) is 0.900. The van der Waals surface area contributed by atoms with Crippen LogP contribution in [0.5, 0.6) is 0 Å². The first-order chi connectivity index (χ1) is 11.1. The standard InChI is InChI=1S/C15H16N6OS/c1-15(9-16,11-2-3-11)19-12(22)8-23-14-18-13(20-21-14)10-4-6-17-7-5-10/h4-7,11H,2-3,8H2,1H3,(H,19,22)(H,18,20,21)/t15-/m0/s1. The van der Waals surface area contributed by atoms with E-state index in [0.717, 1.165) is 18.4 Å². The lowest BCUT2D eigenvalue weighted by Gasteiger charge is -2.22. The van der Waals surface area contributed by atoms with Gasteiger partial charge in [-0.3, -0.25) is 14.9 Å². The van der Waals surface area contributed by atoms with E-state index in [2.05, 4.69) is 31.6 Å². The van der Waals surface area contributed by atoms with Gasteiger partial charge in [0.25, 0.3) is 0 Å². The third-order valence-corrected chi connectivity index (χ3v) is 4.62. The van der Waals surface area contributed by atoms with Crippen molar-refractivity contribution in [1.82, 2.24) is 25.5 Å². The van der Waals surface area contributed by atoms with Crippen molar-refractivity contribution in [3.05, 3.63) is 24.5 Å². The van der Waals surface area contributed by atoms with Crippen molar-refractivity contribution in [3.63, 3.8) is 0 Å². The Hall–Kier alpha value is -2.40. The van der Waals surface area contributed by atoms with E-state index in [4.69, 9.17) is 0 Å². The molecule has 2 aromatic heterocycles. The van der Waals surface area contributed by atoms with Crippen LogP contribution in [0.3, 0.4) is 0 Å². The molecule has 0 radical (unpaired) electrons. The van der Waals surface area contributed by atoms with Crippen LogP contribution >= 0.6 is 11.8 Å². The Kier molecular flexibility index (Phi) is 4.30. The number of nitrogens with zero attached hydrogens (tertiary/aromatic N) is 4. The number of rotatable bonds is 6. The number of amides is 1. The lowest BCUT2D eigenvalue weighted by Crippen LogP contribution is -2.47. The number of pyridine rings is 1. The number of carbonyl (C=O) groups excluding carboxylic acids is 1. The average Bonchev–Trinajstić information content (AvgIpc) is 3.33. The minimum absolute atomic E-state index is 0.178. The summed E-state index contributed by atoms with van der Waals surface area (Å²) >= 11 is 1.24. The van der Waals surface area contributed by atoms with Crippen LogP contribution in [0, 0.1) is 17.2 Å². The van der Waals surface area contributed by atoms with Crippen molar-refractivity contribution in [2.24, 2.45) is 5.92 Å². The number of H-pyrrole nitrogens is 1. The number of carbonyl (C=O) groups is 1. The van der Waals surface area contributed by atoms with Gasteiger partial charge in [0.15, 0.2) is 5.82 Å². The molecule has 1 saturated carbocycles. The average molecular weight is 328 g/mol. The monoisotopic (exact) mass is 328 g/mol. The number of thioether (sulfide) groups is 1. The topological polar surface area (TPSA) is 107 Å². The first-order valence-electron chi connectivity index (χ1n) is 7.28. The molecule has 0 bridgehead atoms. The van der Waals surface area contributed by atoms with Gasteiger partial charge in [0, 0.05) is 18.0 Å². The largest absolute Gasteiger partial charge is 0.337 e. The molecule has 7 nitrogen and oxygen atoms in total. The highest BCUT2D eigenvalue weighted by molar-refractivity contribution is 7.99. The molecule has 2 N–H and O–H groups in total. The zero-order valence-corrected chi connectivity index (χ0v) is 13.4. The third kappa shape index (κ3) is 3.68. The minimum Gasteiger partial charge on any atom is -0.337 e. The molecule has 1 fully saturated rings. The molecule has 1 aliphatic rings. The lowest BCUT2D eigenvalue weighted by molar-refractivity contribution is -0.119. The highest BCUT2D eigenvalue weighted by Crippen LogP contribution is 2.39. The molecule has 1 aliphatic carbocycles. The molecule has 1 atom stereocenters. The van der Waals surface area contributed by atoms with Crippen LogP contribution in [0.2, 0.25) is 0 Å². The molecule has 0 aromatic carbocycles. The van der Waals surface area contributed by atoms with Crippen LogP contribution in [0.15, 0.2) is 29.7 Å². The highest BCUT2D eigenvalue weighted by atomic mass is 32.2. The Morgan fingerprint density at radius 3 is 2.91 bits per heavy atom. The molecule has 0 saturated heterocycles. The maximum absolute atomic E-state index is 12.0. The minimum atomic E-state index is -0.765. The normalized spacial score (nSPS) is 16.3. The van der Waals surface area contributed by atoms with Crippen molar-refractivity contribution >= 4 is 17.7 Å². The maximum Gasteiger partial charge on any atom is 0.231 e. The maximum atomic E-state index is 12.0. The van der Waals surface area contributed by atoms with Crippen LogP contribution in [0.4, 0.5) is 0 Å². The van der Waals surface area contributed by atoms with E-state index >= 15 is 0 Å². The molecule has 2 heterocycles. The van der Waals surface area contributed by atoms with Gasteiger partial charge in [0.1, 0.15) is 5.54 Å². The van der Waals surface area contributed by atoms with Gasteiger partial charge in [-0.2, -0.15) is 5.26 Å². The lowest BCUT2D eigenvalue weighted by atomic mass is 9.98. The highest BCUT2D eigenvalue weighted by Gasteiger charge is 2.42. The van der Waals surface area contributed by atoms with Crippen LogP contribution in [-0.2, 0) is 4.79 Å². The summed E-state index contributed by atoms with van der Waals surface area (Å²) in [5.41, 5.74) is 0.119. The molecule has 118 valence electrons. The second kappa shape index (κ2) is 6.38. The molecule has 0 spiro atoms. The Morgan fingerprint density at radius 1 is 1.52 bits per heavy atom. The SMILES string of the molecule is C[C@@](C#N)(NC(=O)CSc1n[nH]c(-c2ccncc2)n1)C1CC1. The molecule has 8 heteroatoms. The molecule has 3 rings (SSSR count). The predicted octanol–water partition coefficient (Wildman–Crippen LogP) is 1.77. The second-order valence-corrected chi connectivity index (χ2v) is 6.57. The number of hydrogen-bond acceptors (Lipinski definition) is 6. The van der Waals surface area contributed by atoms with Gasteiger partial charge in [0.05, 0.1) is 11.8 Å². The second-order valence-electron chi connectivity index (χ2n) is 5.63. The summed E-state index contributed by atoms with van der Waals surface area (Å²) in [6.45, 7) is 1.78. The van der Waals surface area contributed by atoms with E-state index in [0.29, 0.717) is 11.0 Å². The quantitative estimate of drug-likeness (QED) is 0.783. The fourth-order valence-electron chi connectivity index (χ4n) is 2.29. The number of aromatic amines is 1. The van der Waals surface area contributed by atoms with E-state index in [-0.39, 0.29) is 17.6 Å². The predicted molar refractivity (Wildman–Crippen MR) is 85.2 cm³/mol. The Bertz CT molecular complexity index is 736. The zero-order chi connectivity index (χ0) is 16.3. The Labute approximate surface area is 137 Å². The fourth-order valence-corrected chi connectivity index (χ4v) is 2.89. The molecule has 2 aromatic rings. The van der Waals surface area contributed by atoms with Gasteiger partial charge in [-0.25, -0.2) is 4.98 Å². The van der Waals surface area contributed by atoms with Gasteiger partial charge in [-0.05, 0) is 37.8 Å². The van der Waals surface area contributed by atoms with Gasteiger partial charge < -0.3 is 5.32 Å². The molecule has 0 unspecified atom stereocenters. The molecular formula is C15H16N6OS. The van der Waals surface area contributed by atoms with Gasteiger partial charge in [-0.15, -0.1) is 5.10 Å². The molecule has 0 aliphatic heterocycles. The summed E-state index contributed by atoms with van der Waals surface area (Å²) in [5, 5.41) is 19.5. The number of nitrogens with one attached hydrogen (secondary N) is 2. The third-order valence-electron chi connectivity index (χ3n) is 3.78. The van der Waals surface area contributed by atoms with Crippen LogP contribution < -0.4 is 5.32 Å². The smallest absolute Gasteiger partial charge is 0.231 e. The number of hydrogen-bond donors (Lipinski definition) is 2. The van der Waals surface area contributed by atoms with Crippen molar-refractivity contribution in [2.45, 2.75) is 30.5 Å². The molecular weight excluding hydrogens is 312 g/mol. The van der Waals surface area contributed by atoms with E-state index in [9.17, 15) is 10.1 Å². The summed E-state index contributed by atoms with van der Waals surface area (Å²) < 4.78 is 0. The Balaban J connectivity index is 1.56. The van der Waals surface area contributed by atoms with Crippen molar-refractivity contribution in [1.29, 1.82) is 5.26 Å². The zero-order valence-electron chi connectivity index (χ0n) is 12.6. The Morgan fingerprint density at radius 2 is 2.26 bits per heavy atom. The van der Waals surface area contributed by atoms with Crippen molar-refractivity contribution in [3.8, 4) is 17.5 Å². The summed E-state index contributed by atoms with van der Waals surface area (Å²) in [7, 11) is 0. The number of aromatic nitrogens is 4. The van der Waals surface area contributed by atoms with E-state index in [1.807, 2.05) is 12.1 Å². The summed E-state index contributed by atoms with van der Waals surface area (Å²) in [6.07, 6.45) is 5.35. The summed E-state index contributed by atoms with van der Waals surface area (Å²) in [4.78, 5) is 20.3. The van der Waals surface area contributed by atoms with E-state index in [1.54, 1.807) is 19.3 Å². The molecule has 1 amide bonds. The van der Waals surface area contributed by atoms with Crippen LogP contribution in [0.25, 0.3) is 11.4 Å². The first kappa shape index (κ1) is 15.5. The summed E-state index contributed by atoms with van der Waals surface area (Å²) in [6, 6.07) is 5.87. The first-order valence-corrected chi connectivity index (χ1v) is 8.27. The molecule has 23 heavy (non-hydrogen) atoms. The fraction of sp³-hybridized carbons (Fsp3) is 0.400. The van der Waals surface area contributed by atoms with Crippen LogP contribution in [0.1, 0.15) is 19.8 Å². The van der Waals surface area contributed by atoms with Gasteiger partial charge in [0.2, 0.25) is 11.1 Å². The van der Waals surface area contributed by atoms with E-state index < -0.39 is 5.54 Å². The van der Waals surface area contributed by atoms with Gasteiger partial charge >= 0.3 is 0 Å². The van der Waals surface area contributed by atoms with Crippen LogP contribution in [-0.4, -0.2) is 37.4 Å². The van der Waals surface area contributed by atoms with E-state index in [1.165, 1.54) is 11.8 Å². The number of nitriles is 1. The van der Waals surface area contributed by atoms with Crippen molar-refractivity contribution < 1.29 is 4.79 Å². The van der Waals surface area contributed by atoms with Crippen molar-refractivity contribution in [2.75, 3.05) is 5.75 Å².